The van der Waals surface area contributed by atoms with Crippen molar-refractivity contribution in [2.75, 3.05) is 14.2 Å². The maximum absolute atomic E-state index is 12.8. The van der Waals surface area contributed by atoms with E-state index in [1.807, 2.05) is 0 Å². The van der Waals surface area contributed by atoms with Crippen molar-refractivity contribution in [1.29, 1.82) is 0 Å². The van der Waals surface area contributed by atoms with E-state index in [0.29, 0.717) is 34.1 Å². The molecule has 0 radical (unpaired) electrons. The van der Waals surface area contributed by atoms with Crippen LogP contribution in [0.1, 0.15) is 25.0 Å². The minimum Gasteiger partial charge on any atom is -0.492 e. The SMILES string of the molecule is C=C/C(NC(=NC)N(/C=C(\C=O)OC)Cc1ccc(C(F)(F)F)cc1)=C(C)\C(Cl)=C/C. The van der Waals surface area contributed by atoms with E-state index < -0.39 is 11.7 Å². The molecular formula is C22H25ClF3N3O2. The zero-order valence-electron chi connectivity index (χ0n) is 17.8. The summed E-state index contributed by atoms with van der Waals surface area (Å²) in [6, 6.07) is 4.71. The summed E-state index contributed by atoms with van der Waals surface area (Å²) < 4.78 is 43.6. The number of allylic oxidation sites excluding steroid dienone is 5. The minimum atomic E-state index is -4.43. The van der Waals surface area contributed by atoms with Crippen LogP contribution in [-0.2, 0) is 22.3 Å². The lowest BCUT2D eigenvalue weighted by molar-refractivity contribution is -0.137. The van der Waals surface area contributed by atoms with Crippen LogP contribution in [0.4, 0.5) is 13.2 Å². The molecule has 0 atom stereocenters. The summed E-state index contributed by atoms with van der Waals surface area (Å²) in [5.74, 6) is 0.299. The highest BCUT2D eigenvalue weighted by atomic mass is 35.5. The maximum Gasteiger partial charge on any atom is 0.416 e. The number of benzene rings is 1. The second kappa shape index (κ2) is 12.0. The van der Waals surface area contributed by atoms with Gasteiger partial charge in [-0.3, -0.25) is 9.79 Å². The van der Waals surface area contributed by atoms with Crippen molar-refractivity contribution in [3.8, 4) is 0 Å². The Labute approximate surface area is 185 Å². The number of nitrogens with zero attached hydrogens (tertiary/aromatic N) is 2. The molecule has 0 amide bonds. The molecule has 0 heterocycles. The number of nitrogens with one attached hydrogen (secondary N) is 1. The van der Waals surface area contributed by atoms with Crippen LogP contribution in [-0.4, -0.2) is 31.3 Å². The van der Waals surface area contributed by atoms with Gasteiger partial charge in [0.05, 0.1) is 25.4 Å². The predicted octanol–water partition coefficient (Wildman–Crippen LogP) is 5.37. The van der Waals surface area contributed by atoms with Crippen LogP contribution in [0.25, 0.3) is 0 Å². The van der Waals surface area contributed by atoms with Crippen molar-refractivity contribution >= 4 is 23.8 Å². The van der Waals surface area contributed by atoms with Crippen molar-refractivity contribution in [2.24, 2.45) is 4.99 Å². The molecule has 0 aliphatic rings. The molecule has 0 saturated carbocycles. The molecule has 168 valence electrons. The fourth-order valence-electron chi connectivity index (χ4n) is 2.48. The molecule has 9 heteroatoms. The van der Waals surface area contributed by atoms with Gasteiger partial charge in [0.2, 0.25) is 5.96 Å². The first-order chi connectivity index (χ1) is 14.6. The largest absolute Gasteiger partial charge is 0.492 e. The number of guanidine groups is 1. The zero-order chi connectivity index (χ0) is 23.6. The number of aldehydes is 1. The molecule has 31 heavy (non-hydrogen) atoms. The Morgan fingerprint density at radius 2 is 1.94 bits per heavy atom. The van der Waals surface area contributed by atoms with Gasteiger partial charge in [-0.1, -0.05) is 36.4 Å². The Balaban J connectivity index is 3.35. The lowest BCUT2D eigenvalue weighted by atomic mass is 10.1. The molecule has 0 unspecified atom stereocenters. The van der Waals surface area contributed by atoms with Crippen molar-refractivity contribution in [2.45, 2.75) is 26.6 Å². The van der Waals surface area contributed by atoms with Crippen molar-refractivity contribution in [1.82, 2.24) is 10.2 Å². The van der Waals surface area contributed by atoms with Gasteiger partial charge >= 0.3 is 6.18 Å². The smallest absolute Gasteiger partial charge is 0.416 e. The Morgan fingerprint density at radius 3 is 2.35 bits per heavy atom. The number of ether oxygens (including phenoxy) is 1. The van der Waals surface area contributed by atoms with E-state index in [-0.39, 0.29) is 12.3 Å². The summed E-state index contributed by atoms with van der Waals surface area (Å²) in [4.78, 5) is 17.0. The van der Waals surface area contributed by atoms with E-state index in [0.717, 1.165) is 12.1 Å². The van der Waals surface area contributed by atoms with Gasteiger partial charge in [-0.25, -0.2) is 0 Å². The topological polar surface area (TPSA) is 53.9 Å². The standard InChI is InChI=1S/C22H25ClF3N3O2/c1-6-19(23)15(3)20(7-2)28-21(27-4)29(13-18(14-30)31-5)12-16-8-10-17(11-9-16)22(24,25)26/h6-11,13-14H,2,12H2,1,3-5H3,(H,27,28)/b18-13+,19-6+,20-15+. The highest BCUT2D eigenvalue weighted by molar-refractivity contribution is 6.32. The van der Waals surface area contributed by atoms with Crippen LogP contribution in [0, 0.1) is 0 Å². The third kappa shape index (κ3) is 7.64. The highest BCUT2D eigenvalue weighted by Gasteiger charge is 2.30. The Bertz CT molecular complexity index is 902. The first kappa shape index (κ1) is 26.0. The number of aliphatic imine (C=N–C) groups is 1. The molecule has 0 fully saturated rings. The number of carbonyl (C=O) groups is 1. The minimum absolute atomic E-state index is 0.00204. The highest BCUT2D eigenvalue weighted by Crippen LogP contribution is 2.29. The molecule has 1 N–H and O–H groups in total. The van der Waals surface area contributed by atoms with Gasteiger partial charge in [-0.15, -0.1) is 0 Å². The Kier molecular flexibility index (Phi) is 10.1. The van der Waals surface area contributed by atoms with E-state index in [2.05, 4.69) is 16.9 Å². The predicted molar refractivity (Wildman–Crippen MR) is 117 cm³/mol. The van der Waals surface area contributed by atoms with Crippen LogP contribution in [0.3, 0.4) is 0 Å². The lowest BCUT2D eigenvalue weighted by Crippen LogP contribution is -2.37. The molecule has 0 saturated heterocycles. The van der Waals surface area contributed by atoms with E-state index in [1.165, 1.54) is 37.4 Å². The number of hydrogen-bond acceptors (Lipinski definition) is 3. The van der Waals surface area contributed by atoms with Crippen molar-refractivity contribution in [3.05, 3.63) is 82.4 Å². The normalized spacial score (nSPS) is 14.0. The Morgan fingerprint density at radius 1 is 1.32 bits per heavy atom. The van der Waals surface area contributed by atoms with E-state index in [1.54, 1.807) is 26.0 Å². The van der Waals surface area contributed by atoms with Gasteiger partial charge < -0.3 is 15.0 Å². The van der Waals surface area contributed by atoms with Crippen LogP contribution in [0.15, 0.2) is 76.3 Å². The molecule has 0 aliphatic carbocycles. The number of alkyl halides is 3. The average Bonchev–Trinajstić information content (AvgIpc) is 2.76. The fourth-order valence-corrected chi connectivity index (χ4v) is 2.58. The number of carbonyl (C=O) groups excluding carboxylic acids is 1. The summed E-state index contributed by atoms with van der Waals surface area (Å²) >= 11 is 6.20. The summed E-state index contributed by atoms with van der Waals surface area (Å²) in [6.07, 6.45) is 0.764. The molecule has 1 aromatic rings. The number of hydrogen-bond donors (Lipinski definition) is 1. The summed E-state index contributed by atoms with van der Waals surface area (Å²) in [5.41, 5.74) is 1.08. The zero-order valence-corrected chi connectivity index (χ0v) is 18.5. The van der Waals surface area contributed by atoms with Gasteiger partial charge in [0.15, 0.2) is 12.0 Å². The van der Waals surface area contributed by atoms with Gasteiger partial charge in [-0.05, 0) is 43.2 Å². The molecular weight excluding hydrogens is 431 g/mol. The molecule has 5 nitrogen and oxygen atoms in total. The first-order valence-corrected chi connectivity index (χ1v) is 9.52. The first-order valence-electron chi connectivity index (χ1n) is 9.14. The van der Waals surface area contributed by atoms with Crippen molar-refractivity contribution < 1.29 is 22.7 Å². The number of halogens is 4. The monoisotopic (exact) mass is 455 g/mol. The molecule has 0 aromatic heterocycles. The molecule has 0 spiro atoms. The molecule has 0 bridgehead atoms. The van der Waals surface area contributed by atoms with Crippen molar-refractivity contribution in [3.63, 3.8) is 0 Å². The van der Waals surface area contributed by atoms with Gasteiger partial charge in [0.1, 0.15) is 0 Å². The molecule has 1 aromatic carbocycles. The molecule has 0 aliphatic heterocycles. The van der Waals surface area contributed by atoms with Crippen LogP contribution >= 0.6 is 11.6 Å². The summed E-state index contributed by atoms with van der Waals surface area (Å²) in [6.45, 7) is 7.46. The van der Waals surface area contributed by atoms with Gasteiger partial charge in [0, 0.05) is 17.8 Å². The quantitative estimate of drug-likeness (QED) is 0.143. The third-order valence-corrected chi connectivity index (χ3v) is 4.72. The maximum atomic E-state index is 12.8. The fraction of sp³-hybridized carbons (Fsp3) is 0.273. The Hall–Kier alpha value is -3.00. The van der Waals surface area contributed by atoms with E-state index in [9.17, 15) is 18.0 Å². The summed E-state index contributed by atoms with van der Waals surface area (Å²) in [7, 11) is 2.86. The number of methoxy groups -OCH3 is 1. The second-order valence-corrected chi connectivity index (χ2v) is 6.63. The average molecular weight is 456 g/mol. The van der Waals surface area contributed by atoms with Gasteiger partial charge in [0.25, 0.3) is 0 Å². The van der Waals surface area contributed by atoms with E-state index in [4.69, 9.17) is 16.3 Å². The van der Waals surface area contributed by atoms with Crippen LogP contribution < -0.4 is 5.32 Å². The third-order valence-electron chi connectivity index (χ3n) is 4.22. The van der Waals surface area contributed by atoms with Gasteiger partial charge in [-0.2, -0.15) is 13.2 Å². The van der Waals surface area contributed by atoms with E-state index >= 15 is 0 Å². The van der Waals surface area contributed by atoms with Crippen LogP contribution in [0.5, 0.6) is 0 Å². The second-order valence-electron chi connectivity index (χ2n) is 6.23. The molecule has 1 rings (SSSR count). The lowest BCUT2D eigenvalue weighted by Gasteiger charge is -2.25. The summed E-state index contributed by atoms with van der Waals surface area (Å²) in [5, 5.41) is 3.60. The van der Waals surface area contributed by atoms with Crippen LogP contribution in [0.2, 0.25) is 0 Å². The number of rotatable bonds is 8.